The first kappa shape index (κ1) is 17.8. The molecule has 0 radical (unpaired) electrons. The Hall–Kier alpha value is -1.26. The van der Waals surface area contributed by atoms with E-state index in [4.69, 9.17) is 23.2 Å². The van der Waals surface area contributed by atoms with Crippen molar-refractivity contribution in [3.05, 3.63) is 28.2 Å². The lowest BCUT2D eigenvalue weighted by molar-refractivity contribution is -0.143. The van der Waals surface area contributed by atoms with E-state index in [1.807, 2.05) is 13.8 Å². The zero-order valence-electron chi connectivity index (χ0n) is 12.3. The molecule has 0 saturated carbocycles. The van der Waals surface area contributed by atoms with Crippen LogP contribution in [0.3, 0.4) is 0 Å². The van der Waals surface area contributed by atoms with Crippen molar-refractivity contribution in [2.75, 3.05) is 18.4 Å². The molecule has 0 spiro atoms. The monoisotopic (exact) mass is 330 g/mol. The molecule has 1 aromatic carbocycles. The van der Waals surface area contributed by atoms with Gasteiger partial charge in [0.05, 0.1) is 10.7 Å². The molecule has 116 valence electrons. The molecule has 0 aliphatic carbocycles. The molecule has 0 aliphatic heterocycles. The van der Waals surface area contributed by atoms with Crippen molar-refractivity contribution in [2.45, 2.75) is 33.1 Å². The van der Waals surface area contributed by atoms with E-state index in [0.717, 1.165) is 19.3 Å². The van der Waals surface area contributed by atoms with E-state index in [1.165, 1.54) is 6.07 Å². The molecule has 0 fully saturated rings. The van der Waals surface area contributed by atoms with Crippen molar-refractivity contribution in [3.8, 4) is 0 Å². The third-order valence-corrected chi connectivity index (χ3v) is 3.50. The van der Waals surface area contributed by atoms with Crippen LogP contribution in [0.1, 0.15) is 33.1 Å². The highest BCUT2D eigenvalue weighted by Gasteiger charge is 2.21. The zero-order valence-corrected chi connectivity index (χ0v) is 13.8. The Morgan fingerprint density at radius 1 is 1.14 bits per heavy atom. The smallest absolute Gasteiger partial charge is 0.313 e. The SMILES string of the molecule is CCCCN(CCC)C(=O)C(=O)Nc1cc(Cl)ccc1Cl. The summed E-state index contributed by atoms with van der Waals surface area (Å²) in [6, 6.07) is 4.71. The second-order valence-electron chi connectivity index (χ2n) is 4.72. The van der Waals surface area contributed by atoms with Crippen LogP contribution < -0.4 is 5.32 Å². The molecule has 2 amide bonds. The standard InChI is InChI=1S/C15H20Cl2N2O2/c1-3-5-9-19(8-4-2)15(21)14(20)18-13-10-11(16)6-7-12(13)17/h6-7,10H,3-5,8-9H2,1-2H3,(H,18,20). The van der Waals surface area contributed by atoms with Crippen LogP contribution in [-0.2, 0) is 9.59 Å². The zero-order chi connectivity index (χ0) is 15.8. The first-order valence-electron chi connectivity index (χ1n) is 7.04. The number of carbonyl (C=O) groups excluding carboxylic acids is 2. The van der Waals surface area contributed by atoms with Crippen molar-refractivity contribution in [3.63, 3.8) is 0 Å². The average Bonchev–Trinajstić information content (AvgIpc) is 2.46. The number of hydrogen-bond donors (Lipinski definition) is 1. The molecule has 1 aromatic rings. The quantitative estimate of drug-likeness (QED) is 0.802. The van der Waals surface area contributed by atoms with Gasteiger partial charge in [-0.15, -0.1) is 0 Å². The molecule has 21 heavy (non-hydrogen) atoms. The van der Waals surface area contributed by atoms with E-state index in [2.05, 4.69) is 5.32 Å². The Morgan fingerprint density at radius 3 is 2.48 bits per heavy atom. The number of carbonyl (C=O) groups is 2. The van der Waals surface area contributed by atoms with Crippen molar-refractivity contribution in [2.24, 2.45) is 0 Å². The van der Waals surface area contributed by atoms with Crippen LogP contribution in [0.4, 0.5) is 5.69 Å². The molecule has 0 bridgehead atoms. The number of anilines is 1. The van der Waals surface area contributed by atoms with E-state index < -0.39 is 11.8 Å². The minimum absolute atomic E-state index is 0.342. The number of amides is 2. The van der Waals surface area contributed by atoms with Crippen LogP contribution >= 0.6 is 23.2 Å². The molecule has 0 heterocycles. The van der Waals surface area contributed by atoms with Gasteiger partial charge in [-0.2, -0.15) is 0 Å². The van der Waals surface area contributed by atoms with Crippen LogP contribution in [0, 0.1) is 0 Å². The predicted molar refractivity (Wildman–Crippen MR) is 86.9 cm³/mol. The van der Waals surface area contributed by atoms with Crippen molar-refractivity contribution >= 4 is 40.7 Å². The molecule has 0 aromatic heterocycles. The fourth-order valence-electron chi connectivity index (χ4n) is 1.85. The number of halogens is 2. The summed E-state index contributed by atoms with van der Waals surface area (Å²) in [6.45, 7) is 5.16. The largest absolute Gasteiger partial charge is 0.334 e. The van der Waals surface area contributed by atoms with E-state index in [-0.39, 0.29) is 0 Å². The molecule has 0 aliphatic rings. The van der Waals surface area contributed by atoms with Crippen molar-refractivity contribution in [1.82, 2.24) is 4.90 Å². The lowest BCUT2D eigenvalue weighted by Crippen LogP contribution is -2.40. The number of nitrogens with zero attached hydrogens (tertiary/aromatic N) is 1. The Balaban J connectivity index is 2.76. The lowest BCUT2D eigenvalue weighted by atomic mass is 10.2. The molecule has 0 unspecified atom stereocenters. The second kappa shape index (κ2) is 8.90. The summed E-state index contributed by atoms with van der Waals surface area (Å²) >= 11 is 11.8. The summed E-state index contributed by atoms with van der Waals surface area (Å²) in [5.41, 5.74) is 0.342. The molecule has 6 heteroatoms. The summed E-state index contributed by atoms with van der Waals surface area (Å²) in [6.07, 6.45) is 2.65. The first-order chi connectivity index (χ1) is 9.99. The Kier molecular flexibility index (Phi) is 7.54. The fourth-order valence-corrected chi connectivity index (χ4v) is 2.18. The summed E-state index contributed by atoms with van der Waals surface area (Å²) in [7, 11) is 0. The van der Waals surface area contributed by atoms with Gasteiger partial charge in [0.25, 0.3) is 0 Å². The summed E-state index contributed by atoms with van der Waals surface area (Å²) < 4.78 is 0. The molecule has 0 saturated heterocycles. The van der Waals surface area contributed by atoms with Gasteiger partial charge in [0.2, 0.25) is 0 Å². The van der Waals surface area contributed by atoms with Gasteiger partial charge in [-0.25, -0.2) is 0 Å². The van der Waals surface area contributed by atoms with Gasteiger partial charge < -0.3 is 10.2 Å². The summed E-state index contributed by atoms with van der Waals surface area (Å²) in [5.74, 6) is -1.23. The van der Waals surface area contributed by atoms with Gasteiger partial charge in [-0.1, -0.05) is 43.5 Å². The molecular formula is C15H20Cl2N2O2. The maximum atomic E-state index is 12.2. The maximum absolute atomic E-state index is 12.2. The molecule has 1 rings (SSSR count). The van der Waals surface area contributed by atoms with Gasteiger partial charge in [-0.3, -0.25) is 9.59 Å². The molecular weight excluding hydrogens is 311 g/mol. The Morgan fingerprint density at radius 2 is 1.86 bits per heavy atom. The van der Waals surface area contributed by atoms with E-state index >= 15 is 0 Å². The summed E-state index contributed by atoms with van der Waals surface area (Å²) in [5, 5.41) is 3.31. The first-order valence-corrected chi connectivity index (χ1v) is 7.80. The van der Waals surface area contributed by atoms with E-state index in [1.54, 1.807) is 17.0 Å². The third kappa shape index (κ3) is 5.56. The Labute approximate surface area is 135 Å². The number of hydrogen-bond acceptors (Lipinski definition) is 2. The average molecular weight is 331 g/mol. The van der Waals surface area contributed by atoms with Gasteiger partial charge in [0.1, 0.15) is 0 Å². The van der Waals surface area contributed by atoms with Crippen LogP contribution in [0.5, 0.6) is 0 Å². The second-order valence-corrected chi connectivity index (χ2v) is 5.57. The third-order valence-electron chi connectivity index (χ3n) is 2.93. The minimum atomic E-state index is -0.691. The summed E-state index contributed by atoms with van der Waals surface area (Å²) in [4.78, 5) is 25.8. The molecule has 4 nitrogen and oxygen atoms in total. The van der Waals surface area contributed by atoms with Crippen LogP contribution in [0.2, 0.25) is 10.0 Å². The highest BCUT2D eigenvalue weighted by atomic mass is 35.5. The van der Waals surface area contributed by atoms with Crippen LogP contribution in [0.25, 0.3) is 0 Å². The normalized spacial score (nSPS) is 10.3. The number of benzene rings is 1. The van der Waals surface area contributed by atoms with Crippen molar-refractivity contribution < 1.29 is 9.59 Å². The van der Waals surface area contributed by atoms with Gasteiger partial charge in [0.15, 0.2) is 0 Å². The predicted octanol–water partition coefficient (Wildman–Crippen LogP) is 3.97. The minimum Gasteiger partial charge on any atom is -0.334 e. The Bertz CT molecular complexity index is 506. The van der Waals surface area contributed by atoms with Crippen LogP contribution in [0.15, 0.2) is 18.2 Å². The lowest BCUT2D eigenvalue weighted by Gasteiger charge is -2.21. The van der Waals surface area contributed by atoms with Gasteiger partial charge in [0, 0.05) is 18.1 Å². The van der Waals surface area contributed by atoms with Gasteiger partial charge >= 0.3 is 11.8 Å². The number of nitrogens with one attached hydrogen (secondary N) is 1. The van der Waals surface area contributed by atoms with E-state index in [0.29, 0.717) is 28.8 Å². The van der Waals surface area contributed by atoms with Gasteiger partial charge in [-0.05, 0) is 31.0 Å². The maximum Gasteiger partial charge on any atom is 0.313 e. The topological polar surface area (TPSA) is 49.4 Å². The fraction of sp³-hybridized carbons (Fsp3) is 0.467. The number of rotatable bonds is 6. The molecule has 0 atom stereocenters. The highest BCUT2D eigenvalue weighted by Crippen LogP contribution is 2.25. The number of unbranched alkanes of at least 4 members (excludes halogenated alkanes) is 1. The van der Waals surface area contributed by atoms with Crippen molar-refractivity contribution in [1.29, 1.82) is 0 Å². The molecule has 1 N–H and O–H groups in total. The van der Waals surface area contributed by atoms with Crippen LogP contribution in [-0.4, -0.2) is 29.8 Å². The van der Waals surface area contributed by atoms with E-state index in [9.17, 15) is 9.59 Å². The highest BCUT2D eigenvalue weighted by molar-refractivity contribution is 6.42.